The number of aromatic nitrogens is 3. The van der Waals surface area contributed by atoms with Crippen LogP contribution in [0.25, 0.3) is 5.82 Å². The zero-order valence-electron chi connectivity index (χ0n) is 14.8. The van der Waals surface area contributed by atoms with E-state index in [-0.39, 0.29) is 0 Å². The molecule has 2 fully saturated rings. The minimum Gasteiger partial charge on any atom is -0.317 e. The van der Waals surface area contributed by atoms with Gasteiger partial charge in [0, 0.05) is 30.5 Å². The molecule has 4 heterocycles. The molecule has 2 aromatic rings. The molecule has 5 nitrogen and oxygen atoms in total. The van der Waals surface area contributed by atoms with Crippen LogP contribution in [0.5, 0.6) is 0 Å². The SMILES string of the molecule is Cc1nn(-c2ccccn2)c(C)c1CN1CCC2(CCNCC2)C1. The fourth-order valence-corrected chi connectivity index (χ4v) is 4.36. The van der Waals surface area contributed by atoms with E-state index in [1.807, 2.05) is 29.1 Å². The average molecular weight is 325 g/mol. The maximum Gasteiger partial charge on any atom is 0.153 e. The van der Waals surface area contributed by atoms with E-state index in [9.17, 15) is 0 Å². The van der Waals surface area contributed by atoms with E-state index >= 15 is 0 Å². The van der Waals surface area contributed by atoms with Gasteiger partial charge in [-0.2, -0.15) is 5.10 Å². The van der Waals surface area contributed by atoms with Gasteiger partial charge in [0.15, 0.2) is 5.82 Å². The summed E-state index contributed by atoms with van der Waals surface area (Å²) in [5, 5.41) is 8.25. The van der Waals surface area contributed by atoms with Crippen molar-refractivity contribution in [3.63, 3.8) is 0 Å². The van der Waals surface area contributed by atoms with Crippen molar-refractivity contribution in [1.29, 1.82) is 0 Å². The molecule has 2 aliphatic rings. The highest BCUT2D eigenvalue weighted by Gasteiger charge is 2.39. The Morgan fingerprint density at radius 2 is 2.00 bits per heavy atom. The minimum atomic E-state index is 0.560. The van der Waals surface area contributed by atoms with Gasteiger partial charge in [-0.1, -0.05) is 6.07 Å². The van der Waals surface area contributed by atoms with E-state index < -0.39 is 0 Å². The van der Waals surface area contributed by atoms with E-state index in [1.54, 1.807) is 0 Å². The number of hydrogen-bond donors (Lipinski definition) is 1. The standard InChI is InChI=1S/C19H27N5/c1-15-17(16(2)24(22-15)18-5-3-4-9-21-18)13-23-12-8-19(14-23)6-10-20-11-7-19/h3-5,9,20H,6-8,10-14H2,1-2H3. The zero-order chi connectivity index (χ0) is 16.6. The van der Waals surface area contributed by atoms with Gasteiger partial charge in [0.1, 0.15) is 0 Å². The lowest BCUT2D eigenvalue weighted by Crippen LogP contribution is -2.38. The number of pyridine rings is 1. The van der Waals surface area contributed by atoms with Crippen LogP contribution in [0, 0.1) is 19.3 Å². The molecule has 5 heteroatoms. The first-order chi connectivity index (χ1) is 11.7. The minimum absolute atomic E-state index is 0.560. The summed E-state index contributed by atoms with van der Waals surface area (Å²) in [7, 11) is 0. The molecule has 1 N–H and O–H groups in total. The Hall–Kier alpha value is -1.72. The molecule has 24 heavy (non-hydrogen) atoms. The molecule has 0 unspecified atom stereocenters. The van der Waals surface area contributed by atoms with E-state index in [0.29, 0.717) is 5.41 Å². The molecule has 0 radical (unpaired) electrons. The lowest BCUT2D eigenvalue weighted by atomic mass is 9.78. The Balaban J connectivity index is 1.52. The van der Waals surface area contributed by atoms with Crippen molar-refractivity contribution in [3.8, 4) is 5.82 Å². The van der Waals surface area contributed by atoms with Gasteiger partial charge in [0.25, 0.3) is 0 Å². The average Bonchev–Trinajstić information content (AvgIpc) is 3.12. The zero-order valence-corrected chi connectivity index (χ0v) is 14.8. The third-order valence-electron chi connectivity index (χ3n) is 5.87. The number of likely N-dealkylation sites (tertiary alicyclic amines) is 1. The topological polar surface area (TPSA) is 46.0 Å². The molecule has 1 spiro atoms. The third kappa shape index (κ3) is 2.87. The van der Waals surface area contributed by atoms with Gasteiger partial charge in [-0.05, 0) is 70.3 Å². The maximum absolute atomic E-state index is 4.74. The summed E-state index contributed by atoms with van der Waals surface area (Å²) in [4.78, 5) is 7.07. The van der Waals surface area contributed by atoms with E-state index in [2.05, 4.69) is 29.0 Å². The summed E-state index contributed by atoms with van der Waals surface area (Å²) in [5.41, 5.74) is 4.28. The molecule has 0 saturated carbocycles. The number of nitrogens with one attached hydrogen (secondary N) is 1. The monoisotopic (exact) mass is 325 g/mol. The van der Waals surface area contributed by atoms with Crippen molar-refractivity contribution in [3.05, 3.63) is 41.3 Å². The van der Waals surface area contributed by atoms with Crippen LogP contribution >= 0.6 is 0 Å². The molecule has 0 aromatic carbocycles. The molecule has 0 aliphatic carbocycles. The Morgan fingerprint density at radius 1 is 1.17 bits per heavy atom. The quantitative estimate of drug-likeness (QED) is 0.942. The second kappa shape index (κ2) is 6.30. The molecular weight excluding hydrogens is 298 g/mol. The fourth-order valence-electron chi connectivity index (χ4n) is 4.36. The van der Waals surface area contributed by atoms with E-state index in [0.717, 1.165) is 18.1 Å². The molecular formula is C19H27N5. The Morgan fingerprint density at radius 3 is 2.75 bits per heavy atom. The number of aryl methyl sites for hydroxylation is 1. The lowest BCUT2D eigenvalue weighted by Gasteiger charge is -2.34. The van der Waals surface area contributed by atoms with Gasteiger partial charge >= 0.3 is 0 Å². The van der Waals surface area contributed by atoms with Gasteiger partial charge in [-0.3, -0.25) is 4.90 Å². The predicted octanol–water partition coefficient (Wildman–Crippen LogP) is 2.46. The van der Waals surface area contributed by atoms with Crippen LogP contribution in [0.2, 0.25) is 0 Å². The molecule has 2 aromatic heterocycles. The van der Waals surface area contributed by atoms with Crippen molar-refractivity contribution in [1.82, 2.24) is 25.0 Å². The highest BCUT2D eigenvalue weighted by atomic mass is 15.3. The maximum atomic E-state index is 4.74. The molecule has 0 bridgehead atoms. The first-order valence-electron chi connectivity index (χ1n) is 9.06. The number of nitrogens with zero attached hydrogens (tertiary/aromatic N) is 4. The van der Waals surface area contributed by atoms with Crippen LogP contribution in [0.4, 0.5) is 0 Å². The third-order valence-corrected chi connectivity index (χ3v) is 5.87. The second-order valence-corrected chi connectivity index (χ2v) is 7.46. The van der Waals surface area contributed by atoms with Crippen LogP contribution in [0.3, 0.4) is 0 Å². The first kappa shape index (κ1) is 15.8. The summed E-state index contributed by atoms with van der Waals surface area (Å²) in [6.07, 6.45) is 5.83. The van der Waals surface area contributed by atoms with E-state index in [4.69, 9.17) is 5.10 Å². The van der Waals surface area contributed by atoms with Crippen LogP contribution < -0.4 is 5.32 Å². The van der Waals surface area contributed by atoms with Gasteiger partial charge in [0.2, 0.25) is 0 Å². The van der Waals surface area contributed by atoms with Crippen molar-refractivity contribution < 1.29 is 0 Å². The number of hydrogen-bond acceptors (Lipinski definition) is 4. The van der Waals surface area contributed by atoms with Crippen molar-refractivity contribution in [2.45, 2.75) is 39.7 Å². The molecule has 2 aliphatic heterocycles. The van der Waals surface area contributed by atoms with Crippen LogP contribution in [0.15, 0.2) is 24.4 Å². The van der Waals surface area contributed by atoms with Gasteiger partial charge < -0.3 is 5.32 Å². The van der Waals surface area contributed by atoms with Crippen LogP contribution in [-0.2, 0) is 6.54 Å². The van der Waals surface area contributed by atoms with Crippen molar-refractivity contribution in [2.75, 3.05) is 26.2 Å². The summed E-state index contributed by atoms with van der Waals surface area (Å²) in [5.74, 6) is 0.903. The molecule has 0 amide bonds. The first-order valence-corrected chi connectivity index (χ1v) is 9.06. The molecule has 2 saturated heterocycles. The summed E-state index contributed by atoms with van der Waals surface area (Å²) >= 11 is 0. The second-order valence-electron chi connectivity index (χ2n) is 7.46. The summed E-state index contributed by atoms with van der Waals surface area (Å²) in [6.45, 7) is 10.1. The fraction of sp³-hybridized carbons (Fsp3) is 0.579. The largest absolute Gasteiger partial charge is 0.317 e. The highest BCUT2D eigenvalue weighted by molar-refractivity contribution is 5.32. The number of piperidine rings is 1. The van der Waals surface area contributed by atoms with Crippen molar-refractivity contribution >= 4 is 0 Å². The van der Waals surface area contributed by atoms with Gasteiger partial charge in [0.05, 0.1) is 5.69 Å². The predicted molar refractivity (Wildman–Crippen MR) is 95.3 cm³/mol. The smallest absolute Gasteiger partial charge is 0.153 e. The molecule has 4 rings (SSSR count). The summed E-state index contributed by atoms with van der Waals surface area (Å²) < 4.78 is 1.99. The summed E-state index contributed by atoms with van der Waals surface area (Å²) in [6, 6.07) is 5.97. The molecule has 128 valence electrons. The highest BCUT2D eigenvalue weighted by Crippen LogP contribution is 2.39. The Kier molecular flexibility index (Phi) is 4.14. The number of rotatable bonds is 3. The molecule has 0 atom stereocenters. The normalized spacial score (nSPS) is 20.8. The Bertz CT molecular complexity index is 700. The van der Waals surface area contributed by atoms with Crippen LogP contribution in [0.1, 0.15) is 36.2 Å². The van der Waals surface area contributed by atoms with Crippen LogP contribution in [-0.4, -0.2) is 45.8 Å². The van der Waals surface area contributed by atoms with E-state index in [1.165, 1.54) is 56.7 Å². The Labute approximate surface area is 144 Å². The lowest BCUT2D eigenvalue weighted by molar-refractivity contribution is 0.193. The van der Waals surface area contributed by atoms with Crippen molar-refractivity contribution in [2.24, 2.45) is 5.41 Å². The van der Waals surface area contributed by atoms with Gasteiger partial charge in [-0.15, -0.1) is 0 Å². The van der Waals surface area contributed by atoms with Gasteiger partial charge in [-0.25, -0.2) is 9.67 Å².